The number of rotatable bonds is 1. The quantitative estimate of drug-likeness (QED) is 0.496. The molecule has 1 heterocycles. The highest BCUT2D eigenvalue weighted by Crippen LogP contribution is 2.32. The topological polar surface area (TPSA) is 90.0 Å². The minimum absolute atomic E-state index is 0.0660. The molecule has 0 spiro atoms. The van der Waals surface area contributed by atoms with Crippen molar-refractivity contribution in [1.29, 1.82) is 0 Å². The predicted molar refractivity (Wildman–Crippen MR) is 64.3 cm³/mol. The van der Waals surface area contributed by atoms with E-state index >= 15 is 0 Å². The molecule has 1 aromatic rings. The van der Waals surface area contributed by atoms with Gasteiger partial charge in [-0.15, -0.1) is 0 Å². The lowest BCUT2D eigenvalue weighted by Gasteiger charge is -2.34. The van der Waals surface area contributed by atoms with Crippen LogP contribution in [-0.2, 0) is 0 Å². The van der Waals surface area contributed by atoms with Crippen LogP contribution < -0.4 is 10.6 Å². The van der Waals surface area contributed by atoms with E-state index in [1.165, 1.54) is 4.90 Å². The molecule has 1 saturated heterocycles. The summed E-state index contributed by atoms with van der Waals surface area (Å²) in [5.74, 6) is 0.0660. The molecule has 4 N–H and O–H groups in total. The number of para-hydroxylation sites is 1. The number of amides is 1. The molecule has 1 aliphatic rings. The van der Waals surface area contributed by atoms with Gasteiger partial charge in [0.05, 0.1) is 11.4 Å². The molecule has 0 atom stereocenters. The van der Waals surface area contributed by atoms with Gasteiger partial charge in [0.15, 0.2) is 5.75 Å². The lowest BCUT2D eigenvalue weighted by Crippen LogP contribution is -2.48. The second-order valence-electron chi connectivity index (χ2n) is 3.97. The monoisotopic (exact) mass is 237 g/mol. The van der Waals surface area contributed by atoms with Gasteiger partial charge in [-0.1, -0.05) is 6.07 Å². The van der Waals surface area contributed by atoms with E-state index < -0.39 is 6.09 Å². The third kappa shape index (κ3) is 2.20. The third-order valence-electron chi connectivity index (χ3n) is 2.94. The van der Waals surface area contributed by atoms with E-state index in [2.05, 4.69) is 0 Å². The number of nitrogens with two attached hydrogens (primary N) is 1. The normalized spacial score (nSPS) is 16.0. The number of benzene rings is 1. The summed E-state index contributed by atoms with van der Waals surface area (Å²) in [4.78, 5) is 14.1. The van der Waals surface area contributed by atoms with Crippen molar-refractivity contribution in [2.24, 2.45) is 0 Å². The van der Waals surface area contributed by atoms with Crippen LogP contribution in [0.15, 0.2) is 18.2 Å². The maximum atomic E-state index is 10.8. The van der Waals surface area contributed by atoms with Crippen molar-refractivity contribution >= 4 is 17.5 Å². The predicted octanol–water partition coefficient (Wildman–Crippen LogP) is 0.774. The fourth-order valence-electron chi connectivity index (χ4n) is 1.94. The minimum atomic E-state index is -0.901. The SMILES string of the molecule is Nc1cccc(N2CCN(C(=O)O)CC2)c1O. The van der Waals surface area contributed by atoms with E-state index in [4.69, 9.17) is 10.8 Å². The van der Waals surface area contributed by atoms with Crippen LogP contribution in [0.4, 0.5) is 16.2 Å². The average Bonchev–Trinajstić information content (AvgIpc) is 2.33. The van der Waals surface area contributed by atoms with Gasteiger partial charge in [0.2, 0.25) is 0 Å². The Morgan fingerprint density at radius 1 is 1.24 bits per heavy atom. The highest BCUT2D eigenvalue weighted by molar-refractivity contribution is 5.70. The maximum absolute atomic E-state index is 10.8. The van der Waals surface area contributed by atoms with E-state index in [1.807, 2.05) is 4.90 Å². The van der Waals surface area contributed by atoms with E-state index in [9.17, 15) is 9.90 Å². The maximum Gasteiger partial charge on any atom is 0.407 e. The molecule has 1 aromatic carbocycles. The number of carbonyl (C=O) groups is 1. The Morgan fingerprint density at radius 2 is 1.88 bits per heavy atom. The molecule has 17 heavy (non-hydrogen) atoms. The summed E-state index contributed by atoms with van der Waals surface area (Å²) in [6.45, 7) is 1.99. The van der Waals surface area contributed by atoms with Crippen molar-refractivity contribution in [1.82, 2.24) is 4.90 Å². The van der Waals surface area contributed by atoms with Gasteiger partial charge in [-0.05, 0) is 12.1 Å². The Balaban J connectivity index is 2.10. The number of piperazine rings is 1. The number of anilines is 2. The zero-order valence-corrected chi connectivity index (χ0v) is 9.33. The molecule has 0 saturated carbocycles. The van der Waals surface area contributed by atoms with Crippen molar-refractivity contribution in [3.05, 3.63) is 18.2 Å². The number of carboxylic acid groups (broad SMARTS) is 1. The van der Waals surface area contributed by atoms with E-state index in [-0.39, 0.29) is 5.75 Å². The number of nitrogens with zero attached hydrogens (tertiary/aromatic N) is 2. The first-order valence-electron chi connectivity index (χ1n) is 5.40. The summed E-state index contributed by atoms with van der Waals surface area (Å²) in [6.07, 6.45) is -0.901. The fourth-order valence-corrected chi connectivity index (χ4v) is 1.94. The van der Waals surface area contributed by atoms with Gasteiger partial charge in [-0.3, -0.25) is 0 Å². The van der Waals surface area contributed by atoms with Gasteiger partial charge in [-0.2, -0.15) is 0 Å². The summed E-state index contributed by atoms with van der Waals surface area (Å²) in [5.41, 5.74) is 6.62. The van der Waals surface area contributed by atoms with E-state index in [0.717, 1.165) is 0 Å². The Morgan fingerprint density at radius 3 is 2.47 bits per heavy atom. The first-order chi connectivity index (χ1) is 8.09. The molecule has 1 aliphatic heterocycles. The summed E-state index contributed by atoms with van der Waals surface area (Å²) >= 11 is 0. The van der Waals surface area contributed by atoms with Gasteiger partial charge >= 0.3 is 6.09 Å². The number of aromatic hydroxyl groups is 1. The van der Waals surface area contributed by atoms with Gasteiger partial charge < -0.3 is 25.7 Å². The summed E-state index contributed by atoms with van der Waals surface area (Å²) in [7, 11) is 0. The van der Waals surface area contributed by atoms with Crippen LogP contribution in [0.5, 0.6) is 5.75 Å². The van der Waals surface area contributed by atoms with Crippen molar-refractivity contribution in [3.8, 4) is 5.75 Å². The second-order valence-corrected chi connectivity index (χ2v) is 3.97. The molecule has 6 heteroatoms. The van der Waals surface area contributed by atoms with Gasteiger partial charge in [-0.25, -0.2) is 4.79 Å². The molecular weight excluding hydrogens is 222 g/mol. The molecule has 1 amide bonds. The Bertz CT molecular complexity index is 428. The molecule has 0 unspecified atom stereocenters. The van der Waals surface area contributed by atoms with Crippen LogP contribution in [-0.4, -0.2) is 47.4 Å². The number of phenolic OH excluding ortho intramolecular Hbond substituents is 1. The van der Waals surface area contributed by atoms with Crippen LogP contribution in [0.1, 0.15) is 0 Å². The Labute approximate surface area is 98.9 Å². The van der Waals surface area contributed by atoms with Gasteiger partial charge in [0.1, 0.15) is 0 Å². The molecule has 0 bridgehead atoms. The molecule has 0 radical (unpaired) electrons. The van der Waals surface area contributed by atoms with Crippen LogP contribution in [0.2, 0.25) is 0 Å². The standard InChI is InChI=1S/C11H15N3O3/c12-8-2-1-3-9(10(8)15)13-4-6-14(7-5-13)11(16)17/h1-3,15H,4-7,12H2,(H,16,17). The van der Waals surface area contributed by atoms with Crippen LogP contribution in [0.3, 0.4) is 0 Å². The average molecular weight is 237 g/mol. The third-order valence-corrected chi connectivity index (χ3v) is 2.94. The summed E-state index contributed by atoms with van der Waals surface area (Å²) < 4.78 is 0. The van der Waals surface area contributed by atoms with Crippen molar-refractivity contribution < 1.29 is 15.0 Å². The summed E-state index contributed by atoms with van der Waals surface area (Å²) in [5, 5.41) is 18.7. The fraction of sp³-hybridized carbons (Fsp3) is 0.364. The van der Waals surface area contributed by atoms with Crippen molar-refractivity contribution in [2.45, 2.75) is 0 Å². The molecule has 2 rings (SSSR count). The molecule has 0 aromatic heterocycles. The number of nitrogen functional groups attached to an aromatic ring is 1. The number of hydrogen-bond donors (Lipinski definition) is 3. The smallest absolute Gasteiger partial charge is 0.407 e. The first-order valence-corrected chi connectivity index (χ1v) is 5.40. The zero-order chi connectivity index (χ0) is 12.4. The van der Waals surface area contributed by atoms with Gasteiger partial charge in [0, 0.05) is 26.2 Å². The lowest BCUT2D eigenvalue weighted by atomic mass is 10.2. The molecular formula is C11H15N3O3. The second kappa shape index (κ2) is 4.40. The molecule has 1 fully saturated rings. The van der Waals surface area contributed by atoms with Crippen LogP contribution in [0.25, 0.3) is 0 Å². The Hall–Kier alpha value is -2.11. The Kier molecular flexibility index (Phi) is 2.95. The van der Waals surface area contributed by atoms with Crippen molar-refractivity contribution in [3.63, 3.8) is 0 Å². The van der Waals surface area contributed by atoms with Crippen LogP contribution >= 0.6 is 0 Å². The lowest BCUT2D eigenvalue weighted by molar-refractivity contribution is 0.142. The van der Waals surface area contributed by atoms with Gasteiger partial charge in [0.25, 0.3) is 0 Å². The van der Waals surface area contributed by atoms with E-state index in [1.54, 1.807) is 18.2 Å². The van der Waals surface area contributed by atoms with Crippen LogP contribution in [0, 0.1) is 0 Å². The highest BCUT2D eigenvalue weighted by atomic mass is 16.4. The highest BCUT2D eigenvalue weighted by Gasteiger charge is 2.22. The molecule has 0 aliphatic carbocycles. The molecule has 92 valence electrons. The van der Waals surface area contributed by atoms with E-state index in [0.29, 0.717) is 37.6 Å². The zero-order valence-electron chi connectivity index (χ0n) is 9.33. The van der Waals surface area contributed by atoms with Crippen molar-refractivity contribution in [2.75, 3.05) is 36.8 Å². The number of phenols is 1. The summed E-state index contributed by atoms with van der Waals surface area (Å²) in [6, 6.07) is 5.18. The largest absolute Gasteiger partial charge is 0.504 e. The number of hydrogen-bond acceptors (Lipinski definition) is 4. The first kappa shape index (κ1) is 11.4. The minimum Gasteiger partial charge on any atom is -0.504 e. The molecule has 6 nitrogen and oxygen atoms in total.